The van der Waals surface area contributed by atoms with Crippen LogP contribution < -0.4 is 0 Å². The smallest absolute Gasteiger partial charge is 0.375 e. The summed E-state index contributed by atoms with van der Waals surface area (Å²) in [6.45, 7) is 1.48. The Bertz CT molecular complexity index is 1110. The number of hydrogen-bond donors (Lipinski definition) is 1. The molecule has 0 bridgehead atoms. The van der Waals surface area contributed by atoms with Gasteiger partial charge in [0.25, 0.3) is 0 Å². The normalized spacial score (nSPS) is 17.3. The number of benzene rings is 1. The molecule has 0 saturated heterocycles. The number of thiophene rings is 1. The molecule has 2 heterocycles. The number of alkyl halides is 3. The minimum atomic E-state index is -4.83. The van der Waals surface area contributed by atoms with Gasteiger partial charge in [-0.1, -0.05) is 37.1 Å². The van der Waals surface area contributed by atoms with E-state index in [2.05, 4.69) is 16.4 Å². The number of nitrogens with zero attached hydrogens (tertiary/aromatic N) is 4. The Morgan fingerprint density at radius 2 is 2.03 bits per heavy atom. The lowest BCUT2D eigenvalue weighted by Gasteiger charge is -2.26. The third-order valence-electron chi connectivity index (χ3n) is 5.95. The topological polar surface area (TPSA) is 74.7 Å². The van der Waals surface area contributed by atoms with Crippen LogP contribution in [-0.4, -0.2) is 26.3 Å². The first-order chi connectivity index (χ1) is 14.3. The fourth-order valence-corrected chi connectivity index (χ4v) is 5.39. The predicted octanol–water partition coefficient (Wildman–Crippen LogP) is 5.23. The molecule has 1 aliphatic carbocycles. The first kappa shape index (κ1) is 20.8. The molecule has 1 atom stereocenters. The van der Waals surface area contributed by atoms with Crippen LogP contribution in [0.1, 0.15) is 66.6 Å². The highest BCUT2D eigenvalue weighted by Gasteiger charge is 2.55. The fraction of sp³-hybridized carbons (Fsp3) is 0.476. The van der Waals surface area contributed by atoms with Crippen molar-refractivity contribution in [2.45, 2.75) is 63.3 Å². The molecule has 1 saturated carbocycles. The highest BCUT2D eigenvalue weighted by Crippen LogP contribution is 2.43. The maximum atomic E-state index is 13.3. The SMILES string of the molecule is CCC(O)(c1cn(Cc2ccc3c(C4CCCC4)c(C#N)sc3c2)nn1)C(F)(F)F. The van der Waals surface area contributed by atoms with Crippen molar-refractivity contribution in [1.29, 1.82) is 5.26 Å². The number of nitriles is 1. The molecule has 158 valence electrons. The lowest BCUT2D eigenvalue weighted by atomic mass is 9.94. The summed E-state index contributed by atoms with van der Waals surface area (Å²) in [5, 5.41) is 28.1. The zero-order valence-corrected chi connectivity index (χ0v) is 17.2. The minimum absolute atomic E-state index is 0.221. The van der Waals surface area contributed by atoms with Gasteiger partial charge in [0.15, 0.2) is 0 Å². The third kappa shape index (κ3) is 3.48. The minimum Gasteiger partial charge on any atom is -0.375 e. The van der Waals surface area contributed by atoms with Gasteiger partial charge in [-0.3, -0.25) is 0 Å². The van der Waals surface area contributed by atoms with Crippen molar-refractivity contribution >= 4 is 21.4 Å². The van der Waals surface area contributed by atoms with Crippen molar-refractivity contribution in [3.05, 3.63) is 46.1 Å². The summed E-state index contributed by atoms with van der Waals surface area (Å²) in [7, 11) is 0. The van der Waals surface area contributed by atoms with Crippen LogP contribution >= 0.6 is 11.3 Å². The van der Waals surface area contributed by atoms with E-state index in [-0.39, 0.29) is 6.54 Å². The van der Waals surface area contributed by atoms with Crippen LogP contribution in [0.25, 0.3) is 10.1 Å². The molecule has 0 aliphatic heterocycles. The lowest BCUT2D eigenvalue weighted by molar-refractivity contribution is -0.269. The third-order valence-corrected chi connectivity index (χ3v) is 7.02. The second-order valence-electron chi connectivity index (χ2n) is 7.78. The summed E-state index contributed by atoms with van der Waals surface area (Å²) in [6.07, 6.45) is 0.330. The number of halogens is 3. The quantitative estimate of drug-likeness (QED) is 0.597. The maximum absolute atomic E-state index is 13.3. The summed E-state index contributed by atoms with van der Waals surface area (Å²) < 4.78 is 42.0. The van der Waals surface area contributed by atoms with Gasteiger partial charge in [0, 0.05) is 4.70 Å². The van der Waals surface area contributed by atoms with Gasteiger partial charge >= 0.3 is 6.18 Å². The summed E-state index contributed by atoms with van der Waals surface area (Å²) in [5.74, 6) is 0.422. The highest BCUT2D eigenvalue weighted by molar-refractivity contribution is 7.19. The Labute approximate surface area is 175 Å². The molecule has 2 aromatic heterocycles. The van der Waals surface area contributed by atoms with E-state index >= 15 is 0 Å². The molecule has 0 radical (unpaired) electrons. The van der Waals surface area contributed by atoms with Gasteiger partial charge in [-0.25, -0.2) is 4.68 Å². The Morgan fingerprint density at radius 1 is 1.30 bits per heavy atom. The molecule has 30 heavy (non-hydrogen) atoms. The van der Waals surface area contributed by atoms with Gasteiger partial charge in [0.2, 0.25) is 5.60 Å². The molecule has 1 aliphatic rings. The van der Waals surface area contributed by atoms with E-state index in [1.54, 1.807) is 0 Å². The maximum Gasteiger partial charge on any atom is 0.423 e. The van der Waals surface area contributed by atoms with Crippen LogP contribution in [0.4, 0.5) is 13.2 Å². The van der Waals surface area contributed by atoms with E-state index in [0.717, 1.165) is 45.1 Å². The molecule has 1 fully saturated rings. The molecule has 9 heteroatoms. The van der Waals surface area contributed by atoms with Crippen LogP contribution in [0.5, 0.6) is 0 Å². The van der Waals surface area contributed by atoms with Crippen LogP contribution in [-0.2, 0) is 12.1 Å². The van der Waals surface area contributed by atoms with Gasteiger partial charge in [0.05, 0.1) is 12.7 Å². The monoisotopic (exact) mass is 434 g/mol. The molecule has 5 nitrogen and oxygen atoms in total. The van der Waals surface area contributed by atoms with Crippen LogP contribution in [0.15, 0.2) is 24.4 Å². The summed E-state index contributed by atoms with van der Waals surface area (Å²) >= 11 is 1.46. The van der Waals surface area contributed by atoms with Gasteiger partial charge in [-0.05, 0) is 47.8 Å². The molecule has 0 amide bonds. The number of aromatic nitrogens is 3. The molecule has 1 unspecified atom stereocenters. The summed E-state index contributed by atoms with van der Waals surface area (Å²) in [5.41, 5.74) is -1.54. The summed E-state index contributed by atoms with van der Waals surface area (Å²) in [6, 6.07) is 8.18. The van der Waals surface area contributed by atoms with Gasteiger partial charge in [0.1, 0.15) is 16.6 Å². The molecule has 0 spiro atoms. The van der Waals surface area contributed by atoms with Crippen molar-refractivity contribution < 1.29 is 18.3 Å². The largest absolute Gasteiger partial charge is 0.423 e. The number of hydrogen-bond acceptors (Lipinski definition) is 5. The van der Waals surface area contributed by atoms with E-state index < -0.39 is 23.9 Å². The van der Waals surface area contributed by atoms with Crippen molar-refractivity contribution in [3.8, 4) is 6.07 Å². The second-order valence-corrected chi connectivity index (χ2v) is 8.83. The fourth-order valence-electron chi connectivity index (χ4n) is 4.24. The zero-order valence-electron chi connectivity index (χ0n) is 16.4. The van der Waals surface area contributed by atoms with E-state index in [1.165, 1.54) is 35.8 Å². The van der Waals surface area contributed by atoms with E-state index in [0.29, 0.717) is 5.92 Å². The average Bonchev–Trinajstić information content (AvgIpc) is 3.45. The second kappa shape index (κ2) is 7.67. The Balaban J connectivity index is 1.63. The van der Waals surface area contributed by atoms with E-state index in [1.807, 2.05) is 18.2 Å². The average molecular weight is 434 g/mol. The van der Waals surface area contributed by atoms with Crippen LogP contribution in [0, 0.1) is 11.3 Å². The predicted molar refractivity (Wildman–Crippen MR) is 107 cm³/mol. The summed E-state index contributed by atoms with van der Waals surface area (Å²) in [4.78, 5) is 0.746. The molecule has 4 rings (SSSR count). The molecular weight excluding hydrogens is 413 g/mol. The van der Waals surface area contributed by atoms with Crippen molar-refractivity contribution in [1.82, 2.24) is 15.0 Å². The lowest BCUT2D eigenvalue weighted by Crippen LogP contribution is -2.42. The van der Waals surface area contributed by atoms with E-state index in [4.69, 9.17) is 0 Å². The molecule has 1 N–H and O–H groups in total. The first-order valence-corrected chi connectivity index (χ1v) is 10.7. The standard InChI is InChI=1S/C21H21F3N4OS/c1-2-20(29,21(22,23)24)18-12-28(27-26-18)11-13-7-8-15-16(9-13)30-17(10-25)19(15)14-5-3-4-6-14/h7-9,12,14,29H,2-6,11H2,1H3. The van der Waals surface area contributed by atoms with Crippen molar-refractivity contribution in [3.63, 3.8) is 0 Å². The highest BCUT2D eigenvalue weighted by atomic mass is 32.1. The molecule has 3 aromatic rings. The number of fused-ring (bicyclic) bond motifs is 1. The number of aliphatic hydroxyl groups is 1. The number of rotatable bonds is 5. The molecular formula is C21H21F3N4OS. The van der Waals surface area contributed by atoms with Gasteiger partial charge in [-0.15, -0.1) is 16.4 Å². The van der Waals surface area contributed by atoms with Crippen molar-refractivity contribution in [2.75, 3.05) is 0 Å². The first-order valence-electron chi connectivity index (χ1n) is 9.92. The van der Waals surface area contributed by atoms with Crippen molar-refractivity contribution in [2.24, 2.45) is 0 Å². The van der Waals surface area contributed by atoms with Crippen LogP contribution in [0.3, 0.4) is 0 Å². The Morgan fingerprint density at radius 3 is 2.67 bits per heavy atom. The van der Waals surface area contributed by atoms with Crippen LogP contribution in [0.2, 0.25) is 0 Å². The van der Waals surface area contributed by atoms with E-state index in [9.17, 15) is 23.5 Å². The zero-order chi connectivity index (χ0) is 21.5. The Kier molecular flexibility index (Phi) is 5.32. The van der Waals surface area contributed by atoms with Gasteiger partial charge < -0.3 is 5.11 Å². The Hall–Kier alpha value is -2.44. The molecule has 1 aromatic carbocycles. The van der Waals surface area contributed by atoms with Gasteiger partial charge in [-0.2, -0.15) is 18.4 Å².